The Hall–Kier alpha value is -0.570. The molecule has 0 aliphatic carbocycles. The molecular formula is C8H14N2O. The van der Waals surface area contributed by atoms with Gasteiger partial charge in [0.2, 0.25) is 6.41 Å². The normalized spacial score (nSPS) is 36.9. The molecule has 2 aliphatic rings. The molecule has 1 N–H and O–H groups in total. The van der Waals surface area contributed by atoms with Gasteiger partial charge in [0, 0.05) is 13.1 Å². The number of carbonyl (C=O) groups excluding carboxylic acids is 1. The zero-order valence-electron chi connectivity index (χ0n) is 6.68. The van der Waals surface area contributed by atoms with Gasteiger partial charge in [-0.3, -0.25) is 4.79 Å². The molecule has 0 radical (unpaired) electrons. The molecule has 2 fully saturated rings. The van der Waals surface area contributed by atoms with Crippen LogP contribution in [0.1, 0.15) is 19.3 Å². The molecule has 11 heavy (non-hydrogen) atoms. The van der Waals surface area contributed by atoms with E-state index in [0.29, 0.717) is 0 Å². The minimum atomic E-state index is 0.210. The van der Waals surface area contributed by atoms with E-state index in [1.807, 2.05) is 4.90 Å². The summed E-state index contributed by atoms with van der Waals surface area (Å²) in [5.41, 5.74) is 0.210. The summed E-state index contributed by atoms with van der Waals surface area (Å²) < 4.78 is 0. The number of nitrogens with zero attached hydrogens (tertiary/aromatic N) is 1. The van der Waals surface area contributed by atoms with Crippen LogP contribution in [-0.2, 0) is 4.79 Å². The molecule has 0 aromatic rings. The van der Waals surface area contributed by atoms with Crippen molar-refractivity contribution in [3.8, 4) is 0 Å². The third kappa shape index (κ3) is 0.948. The fourth-order valence-corrected chi connectivity index (χ4v) is 2.31. The minimum absolute atomic E-state index is 0.210. The predicted molar refractivity (Wildman–Crippen MR) is 42.2 cm³/mol. The van der Waals surface area contributed by atoms with Gasteiger partial charge in [-0.05, 0) is 25.8 Å². The largest absolute Gasteiger partial charge is 0.338 e. The van der Waals surface area contributed by atoms with E-state index in [0.717, 1.165) is 32.5 Å². The Bertz CT molecular complexity index is 158. The Kier molecular flexibility index (Phi) is 1.60. The van der Waals surface area contributed by atoms with E-state index >= 15 is 0 Å². The van der Waals surface area contributed by atoms with E-state index in [1.165, 1.54) is 12.8 Å². The molecule has 2 aliphatic heterocycles. The smallest absolute Gasteiger partial charge is 0.210 e. The first-order valence-corrected chi connectivity index (χ1v) is 4.30. The molecule has 0 aromatic carbocycles. The van der Waals surface area contributed by atoms with E-state index in [1.54, 1.807) is 0 Å². The molecular weight excluding hydrogens is 140 g/mol. The van der Waals surface area contributed by atoms with Gasteiger partial charge in [0.05, 0.1) is 5.54 Å². The first-order chi connectivity index (χ1) is 5.37. The summed E-state index contributed by atoms with van der Waals surface area (Å²) in [6.07, 6.45) is 4.53. The Morgan fingerprint density at radius 3 is 3.00 bits per heavy atom. The van der Waals surface area contributed by atoms with Gasteiger partial charge in [-0.25, -0.2) is 0 Å². The summed E-state index contributed by atoms with van der Waals surface area (Å²) in [5.74, 6) is 0. The lowest BCUT2D eigenvalue weighted by atomic mass is 9.96. The van der Waals surface area contributed by atoms with E-state index in [-0.39, 0.29) is 5.54 Å². The maximum Gasteiger partial charge on any atom is 0.210 e. The zero-order valence-corrected chi connectivity index (χ0v) is 6.68. The highest BCUT2D eigenvalue weighted by Gasteiger charge is 2.42. The zero-order chi connectivity index (χ0) is 7.73. The van der Waals surface area contributed by atoms with Crippen molar-refractivity contribution in [1.82, 2.24) is 10.2 Å². The molecule has 1 amide bonds. The van der Waals surface area contributed by atoms with Crippen molar-refractivity contribution in [3.05, 3.63) is 0 Å². The van der Waals surface area contributed by atoms with E-state index in [4.69, 9.17) is 0 Å². The summed E-state index contributed by atoms with van der Waals surface area (Å²) in [6, 6.07) is 0. The molecule has 0 aromatic heterocycles. The first-order valence-electron chi connectivity index (χ1n) is 4.30. The summed E-state index contributed by atoms with van der Waals surface area (Å²) in [7, 11) is 0. The molecule has 3 heteroatoms. The molecule has 1 unspecified atom stereocenters. The molecule has 3 nitrogen and oxygen atoms in total. The Balaban J connectivity index is 2.15. The highest BCUT2D eigenvalue weighted by Crippen LogP contribution is 2.32. The van der Waals surface area contributed by atoms with Crippen LogP contribution in [0, 0.1) is 0 Å². The van der Waals surface area contributed by atoms with Gasteiger partial charge >= 0.3 is 0 Å². The minimum Gasteiger partial charge on any atom is -0.338 e. The molecule has 2 rings (SSSR count). The standard InChI is InChI=1S/C8H14N2O/c11-7-10-5-1-2-8(10)3-4-9-6-8/h7,9H,1-6H2. The molecule has 2 saturated heterocycles. The van der Waals surface area contributed by atoms with Crippen LogP contribution in [0.25, 0.3) is 0 Å². The lowest BCUT2D eigenvalue weighted by Crippen LogP contribution is -2.44. The second kappa shape index (κ2) is 2.48. The molecule has 62 valence electrons. The number of hydrogen-bond acceptors (Lipinski definition) is 2. The highest BCUT2D eigenvalue weighted by molar-refractivity contribution is 5.50. The van der Waals surface area contributed by atoms with Crippen LogP contribution in [0.5, 0.6) is 0 Å². The molecule has 0 bridgehead atoms. The van der Waals surface area contributed by atoms with Gasteiger partial charge in [-0.2, -0.15) is 0 Å². The van der Waals surface area contributed by atoms with Gasteiger partial charge in [-0.1, -0.05) is 0 Å². The van der Waals surface area contributed by atoms with Gasteiger partial charge < -0.3 is 10.2 Å². The number of rotatable bonds is 1. The van der Waals surface area contributed by atoms with Crippen molar-refractivity contribution in [2.45, 2.75) is 24.8 Å². The van der Waals surface area contributed by atoms with Crippen LogP contribution in [0.4, 0.5) is 0 Å². The maximum atomic E-state index is 10.7. The SMILES string of the molecule is O=CN1CCCC12CCNC2. The lowest BCUT2D eigenvalue weighted by Gasteiger charge is -2.30. The van der Waals surface area contributed by atoms with E-state index < -0.39 is 0 Å². The second-order valence-electron chi connectivity index (χ2n) is 3.55. The lowest BCUT2D eigenvalue weighted by molar-refractivity contribution is -0.121. The molecule has 1 spiro atoms. The topological polar surface area (TPSA) is 32.3 Å². The Morgan fingerprint density at radius 1 is 1.45 bits per heavy atom. The number of carbonyl (C=O) groups is 1. The van der Waals surface area contributed by atoms with Gasteiger partial charge in [-0.15, -0.1) is 0 Å². The Morgan fingerprint density at radius 2 is 2.36 bits per heavy atom. The van der Waals surface area contributed by atoms with Crippen molar-refractivity contribution in [3.63, 3.8) is 0 Å². The summed E-state index contributed by atoms with van der Waals surface area (Å²) in [4.78, 5) is 12.6. The quantitative estimate of drug-likeness (QED) is 0.538. The van der Waals surface area contributed by atoms with Crippen LogP contribution >= 0.6 is 0 Å². The number of amides is 1. The van der Waals surface area contributed by atoms with Crippen molar-refractivity contribution < 1.29 is 4.79 Å². The fourth-order valence-electron chi connectivity index (χ4n) is 2.31. The molecule has 0 saturated carbocycles. The van der Waals surface area contributed by atoms with Gasteiger partial charge in [0.25, 0.3) is 0 Å². The van der Waals surface area contributed by atoms with Crippen molar-refractivity contribution in [2.24, 2.45) is 0 Å². The van der Waals surface area contributed by atoms with Crippen LogP contribution in [0.2, 0.25) is 0 Å². The van der Waals surface area contributed by atoms with Crippen molar-refractivity contribution in [1.29, 1.82) is 0 Å². The van der Waals surface area contributed by atoms with Crippen molar-refractivity contribution in [2.75, 3.05) is 19.6 Å². The van der Waals surface area contributed by atoms with Gasteiger partial charge in [0.15, 0.2) is 0 Å². The van der Waals surface area contributed by atoms with Crippen LogP contribution in [0.15, 0.2) is 0 Å². The predicted octanol–water partition coefficient (Wildman–Crippen LogP) is -0.0293. The van der Waals surface area contributed by atoms with Crippen LogP contribution in [-0.4, -0.2) is 36.5 Å². The Labute approximate surface area is 66.8 Å². The average Bonchev–Trinajstić information content (AvgIpc) is 2.62. The van der Waals surface area contributed by atoms with E-state index in [2.05, 4.69) is 5.32 Å². The monoisotopic (exact) mass is 154 g/mol. The van der Waals surface area contributed by atoms with Gasteiger partial charge in [0.1, 0.15) is 0 Å². The third-order valence-corrected chi connectivity index (χ3v) is 3.00. The molecule has 2 heterocycles. The van der Waals surface area contributed by atoms with Crippen LogP contribution in [0.3, 0.4) is 0 Å². The average molecular weight is 154 g/mol. The maximum absolute atomic E-state index is 10.7. The number of nitrogens with one attached hydrogen (secondary N) is 1. The third-order valence-electron chi connectivity index (χ3n) is 3.00. The highest BCUT2D eigenvalue weighted by atomic mass is 16.1. The summed E-state index contributed by atoms with van der Waals surface area (Å²) >= 11 is 0. The summed E-state index contributed by atoms with van der Waals surface area (Å²) in [6.45, 7) is 3.04. The second-order valence-corrected chi connectivity index (χ2v) is 3.55. The first kappa shape index (κ1) is 7.10. The van der Waals surface area contributed by atoms with E-state index in [9.17, 15) is 4.79 Å². The number of likely N-dealkylation sites (tertiary alicyclic amines) is 1. The van der Waals surface area contributed by atoms with Crippen molar-refractivity contribution >= 4 is 6.41 Å². The molecule has 1 atom stereocenters. The van der Waals surface area contributed by atoms with Crippen LogP contribution < -0.4 is 5.32 Å². The number of hydrogen-bond donors (Lipinski definition) is 1. The summed E-state index contributed by atoms with van der Waals surface area (Å²) in [5, 5.41) is 3.32. The fraction of sp³-hybridized carbons (Fsp3) is 0.875.